The number of hydrogen-bond acceptors (Lipinski definition) is 10. The molecule has 10 atom stereocenters. The third kappa shape index (κ3) is 4.28. The zero-order chi connectivity index (χ0) is 39.8. The van der Waals surface area contributed by atoms with E-state index in [1.54, 1.807) is 7.11 Å². The van der Waals surface area contributed by atoms with Gasteiger partial charge in [-0.05, 0) is 61.2 Å². The third-order valence-electron chi connectivity index (χ3n) is 15.4. The van der Waals surface area contributed by atoms with Gasteiger partial charge in [0.2, 0.25) is 5.60 Å². The van der Waals surface area contributed by atoms with Gasteiger partial charge in [0.25, 0.3) is 0 Å². The summed E-state index contributed by atoms with van der Waals surface area (Å²) in [6.45, 7) is 9.07. The molecule has 3 fully saturated rings. The molecular weight excluding hydrogens is 725 g/mol. The Morgan fingerprint density at radius 3 is 2.53 bits per heavy atom. The second kappa shape index (κ2) is 12.3. The number of para-hydroxylation sites is 1. The highest BCUT2D eigenvalue weighted by molar-refractivity contribution is 5.95. The van der Waals surface area contributed by atoms with Crippen LogP contribution in [0.1, 0.15) is 68.8 Å². The van der Waals surface area contributed by atoms with Crippen molar-refractivity contribution in [3.8, 4) is 5.75 Å². The molecule has 2 saturated heterocycles. The topological polar surface area (TPSA) is 124 Å². The zero-order valence-electron chi connectivity index (χ0n) is 33.9. The molecule has 2 aromatic carbocycles. The Morgan fingerprint density at radius 2 is 1.81 bits per heavy atom. The highest BCUT2D eigenvalue weighted by Crippen LogP contribution is 2.73. The number of carbonyl (C=O) groups is 3. The van der Waals surface area contributed by atoms with Gasteiger partial charge in [-0.2, -0.15) is 0 Å². The molecule has 300 valence electrons. The van der Waals surface area contributed by atoms with Crippen molar-refractivity contribution in [1.29, 1.82) is 0 Å². The Labute approximate surface area is 333 Å². The van der Waals surface area contributed by atoms with Gasteiger partial charge in [0.1, 0.15) is 17.7 Å². The number of hydrogen-bond donors (Lipinski definition) is 2. The van der Waals surface area contributed by atoms with Crippen LogP contribution in [-0.4, -0.2) is 106 Å². The number of quaternary nitrogens is 1. The van der Waals surface area contributed by atoms with Crippen molar-refractivity contribution in [1.82, 2.24) is 9.88 Å². The van der Waals surface area contributed by atoms with E-state index in [1.807, 2.05) is 25.3 Å². The van der Waals surface area contributed by atoms with Crippen LogP contribution in [-0.2, 0) is 50.7 Å². The van der Waals surface area contributed by atoms with Crippen molar-refractivity contribution >= 4 is 34.5 Å². The van der Waals surface area contributed by atoms with Crippen molar-refractivity contribution in [2.45, 2.75) is 93.7 Å². The number of nitrogens with zero attached hydrogens (tertiary/aromatic N) is 2. The molecule has 7 aliphatic rings. The van der Waals surface area contributed by atoms with Gasteiger partial charge in [-0.25, -0.2) is 4.79 Å². The molecule has 3 unspecified atom stereocenters. The van der Waals surface area contributed by atoms with E-state index in [1.165, 1.54) is 31.6 Å². The number of carbonyl (C=O) groups excluding carboxylic acids is 3. The van der Waals surface area contributed by atoms with Gasteiger partial charge in [0.15, 0.2) is 6.10 Å². The van der Waals surface area contributed by atoms with Crippen molar-refractivity contribution in [3.05, 3.63) is 82.7 Å². The Balaban J connectivity index is 1.29. The molecule has 4 bridgehead atoms. The van der Waals surface area contributed by atoms with E-state index in [9.17, 15) is 9.59 Å². The number of likely N-dealkylation sites (N-methyl/N-ethyl adjacent to an activating group) is 1. The van der Waals surface area contributed by atoms with Crippen LogP contribution in [0, 0.1) is 11.3 Å². The number of fused-ring (bicyclic) bond motifs is 8. The fourth-order valence-corrected chi connectivity index (χ4v) is 13.6. The monoisotopic (exact) mass is 777 g/mol. The van der Waals surface area contributed by atoms with Crippen LogP contribution >= 0.6 is 0 Å². The molecule has 12 heteroatoms. The summed E-state index contributed by atoms with van der Waals surface area (Å²) in [5.74, 6) is -0.729. The SMILES string of the molecule is CCC1=C[C@@H]2C[NH+](C1)Cc1c([nH]c3ccccc13)[C@@](C(=O)OC)(c1cc3c(cc1OC)N(C)C1[C@]34CCN3C=C[C@@H]5O[C@]1(C(=O)OC)[C@H](OC(C)=O)[C@@]5(CC)C34)C2. The van der Waals surface area contributed by atoms with E-state index < -0.39 is 52.0 Å². The van der Waals surface area contributed by atoms with Crippen molar-refractivity contribution in [2.24, 2.45) is 11.3 Å². The predicted molar refractivity (Wildman–Crippen MR) is 211 cm³/mol. The van der Waals surface area contributed by atoms with Crippen LogP contribution in [0.3, 0.4) is 0 Å². The summed E-state index contributed by atoms with van der Waals surface area (Å²) >= 11 is 0. The summed E-state index contributed by atoms with van der Waals surface area (Å²) in [7, 11) is 6.51. The second-order valence-electron chi connectivity index (χ2n) is 17.5. The molecule has 10 rings (SSSR count). The van der Waals surface area contributed by atoms with E-state index in [0.717, 1.165) is 71.6 Å². The van der Waals surface area contributed by atoms with Crippen molar-refractivity contribution < 1.29 is 43.0 Å². The average molecular weight is 778 g/mol. The molecule has 57 heavy (non-hydrogen) atoms. The number of nitrogens with one attached hydrogen (secondary N) is 2. The number of esters is 3. The normalized spacial score (nSPS) is 36.4. The molecular formula is C45H53N4O8+. The van der Waals surface area contributed by atoms with Gasteiger partial charge < -0.3 is 43.4 Å². The van der Waals surface area contributed by atoms with Gasteiger partial charge in [-0.1, -0.05) is 38.1 Å². The van der Waals surface area contributed by atoms with Gasteiger partial charge in [0, 0.05) is 71.3 Å². The quantitative estimate of drug-likeness (QED) is 0.209. The molecule has 6 aliphatic heterocycles. The maximum absolute atomic E-state index is 15.2. The number of ether oxygens (including phenoxy) is 5. The summed E-state index contributed by atoms with van der Waals surface area (Å²) < 4.78 is 31.5. The first-order valence-corrected chi connectivity index (χ1v) is 20.5. The largest absolute Gasteiger partial charge is 0.496 e. The van der Waals surface area contributed by atoms with Crippen LogP contribution in [0.15, 0.2) is 60.3 Å². The maximum Gasteiger partial charge on any atom is 0.344 e. The zero-order valence-corrected chi connectivity index (χ0v) is 33.9. The standard InChI is InChI=1S/C45H52N4O8/c1-8-26-18-27-21-44(40(51)54-6,36-29(24-48(22-26)23-27)28-12-10-11-13-32(28)46-36)31-19-30-33(20-34(31)53-5)47(4)38-43(30)15-17-49-16-14-35-42(9-2,37(43)49)39(56-25(3)50)45(38,57-35)41(52)55-7/h10-14,16,18-20,27,35,37-39,46H,8-9,15,17,21-24H2,1-7H3/p+1/t27-,35-,37?,38?,39+,42+,43+,44-,45-/m0/s1. The number of anilines is 1. The smallest absolute Gasteiger partial charge is 0.344 e. The molecule has 0 radical (unpaired) electrons. The predicted octanol–water partition coefficient (Wildman–Crippen LogP) is 3.70. The van der Waals surface area contributed by atoms with E-state index >= 15 is 4.79 Å². The number of benzene rings is 2. The number of aromatic amines is 1. The highest BCUT2D eigenvalue weighted by Gasteiger charge is 2.87. The molecule has 1 spiro atoms. The Bertz CT molecular complexity index is 2300. The second-order valence-corrected chi connectivity index (χ2v) is 17.5. The van der Waals surface area contributed by atoms with Crippen molar-refractivity contribution in [3.63, 3.8) is 0 Å². The Kier molecular flexibility index (Phi) is 7.91. The molecule has 3 aromatic rings. The van der Waals surface area contributed by atoms with Gasteiger partial charge in [-0.15, -0.1) is 0 Å². The first-order valence-electron chi connectivity index (χ1n) is 20.5. The molecule has 2 N–H and O–H groups in total. The maximum atomic E-state index is 15.2. The molecule has 1 aromatic heterocycles. The fraction of sp³-hybridized carbons (Fsp3) is 0.533. The molecule has 7 heterocycles. The minimum absolute atomic E-state index is 0.0921. The summed E-state index contributed by atoms with van der Waals surface area (Å²) in [6.07, 6.45) is 7.86. The summed E-state index contributed by atoms with van der Waals surface area (Å²) in [5.41, 5.74) is 2.58. The minimum Gasteiger partial charge on any atom is -0.496 e. The first kappa shape index (κ1) is 36.5. The summed E-state index contributed by atoms with van der Waals surface area (Å²) in [4.78, 5) is 52.7. The Hall–Kier alpha value is -4.81. The van der Waals surface area contributed by atoms with Crippen LogP contribution in [0.4, 0.5) is 5.69 Å². The highest BCUT2D eigenvalue weighted by atomic mass is 16.6. The Morgan fingerprint density at radius 1 is 1.02 bits per heavy atom. The lowest BCUT2D eigenvalue weighted by Gasteiger charge is -2.59. The van der Waals surface area contributed by atoms with E-state index in [4.69, 9.17) is 23.7 Å². The first-order chi connectivity index (χ1) is 27.5. The molecule has 1 aliphatic carbocycles. The fourth-order valence-electron chi connectivity index (χ4n) is 13.6. The van der Waals surface area contributed by atoms with E-state index in [2.05, 4.69) is 65.2 Å². The molecule has 12 nitrogen and oxygen atoms in total. The number of methoxy groups -OCH3 is 3. The lowest BCUT2D eigenvalue weighted by molar-refractivity contribution is -0.914. The molecule has 1 saturated carbocycles. The van der Waals surface area contributed by atoms with Gasteiger partial charge in [0.05, 0.1) is 58.0 Å². The van der Waals surface area contributed by atoms with Gasteiger partial charge in [-0.3, -0.25) is 9.59 Å². The van der Waals surface area contributed by atoms with Crippen LogP contribution < -0.4 is 14.5 Å². The summed E-state index contributed by atoms with van der Waals surface area (Å²) in [6, 6.07) is 11.8. The van der Waals surface area contributed by atoms with Crippen LogP contribution in [0.5, 0.6) is 5.75 Å². The number of rotatable bonds is 7. The summed E-state index contributed by atoms with van der Waals surface area (Å²) in [5, 5.41) is 1.10. The number of aromatic nitrogens is 1. The van der Waals surface area contributed by atoms with Crippen LogP contribution in [0.2, 0.25) is 0 Å². The minimum atomic E-state index is -1.65. The average Bonchev–Trinajstić information content (AvgIpc) is 3.93. The molecule has 0 amide bonds. The number of H-pyrrole nitrogens is 1. The van der Waals surface area contributed by atoms with E-state index in [0.29, 0.717) is 25.0 Å². The lowest BCUT2D eigenvalue weighted by Crippen LogP contribution is -3.12. The lowest BCUT2D eigenvalue weighted by atomic mass is 9.48. The van der Waals surface area contributed by atoms with Crippen molar-refractivity contribution in [2.75, 3.05) is 52.9 Å². The van der Waals surface area contributed by atoms with E-state index in [-0.39, 0.29) is 17.9 Å². The third-order valence-corrected chi connectivity index (χ3v) is 15.4. The van der Waals surface area contributed by atoms with Gasteiger partial charge >= 0.3 is 17.9 Å². The van der Waals surface area contributed by atoms with Crippen LogP contribution in [0.25, 0.3) is 10.9 Å².